The number of anilines is 1. The van der Waals surface area contributed by atoms with Gasteiger partial charge >= 0.3 is 6.03 Å². The zero-order valence-electron chi connectivity index (χ0n) is 10.2. The smallest absolute Gasteiger partial charge is 0.322 e. The zero-order valence-corrected chi connectivity index (χ0v) is 11.7. The van der Waals surface area contributed by atoms with Crippen molar-refractivity contribution in [3.05, 3.63) is 46.5 Å². The predicted octanol–water partition coefficient (Wildman–Crippen LogP) is 3.38. The van der Waals surface area contributed by atoms with E-state index in [0.29, 0.717) is 28.1 Å². The quantitative estimate of drug-likeness (QED) is 0.912. The summed E-state index contributed by atoms with van der Waals surface area (Å²) < 4.78 is 0. The Labute approximate surface area is 120 Å². The second-order valence-electron chi connectivity index (χ2n) is 3.95. The molecule has 5 nitrogen and oxygen atoms in total. The van der Waals surface area contributed by atoms with Crippen LogP contribution in [0.25, 0.3) is 0 Å². The van der Waals surface area contributed by atoms with Gasteiger partial charge in [0.1, 0.15) is 5.82 Å². The van der Waals surface area contributed by atoms with Crippen LogP contribution >= 0.6 is 23.2 Å². The van der Waals surface area contributed by atoms with Crippen LogP contribution in [-0.2, 0) is 6.54 Å². The number of aromatic amines is 1. The van der Waals surface area contributed by atoms with Crippen LogP contribution in [0.1, 0.15) is 5.82 Å². The third-order valence-electron chi connectivity index (χ3n) is 2.46. The van der Waals surface area contributed by atoms with Gasteiger partial charge in [-0.2, -0.15) is 0 Å². The number of halogens is 2. The number of carbonyl (C=O) groups is 1. The number of H-pyrrole nitrogens is 1. The van der Waals surface area contributed by atoms with Crippen molar-refractivity contribution in [2.75, 3.05) is 12.4 Å². The third kappa shape index (κ3) is 3.62. The second kappa shape index (κ2) is 5.95. The Morgan fingerprint density at radius 1 is 1.47 bits per heavy atom. The molecule has 0 aliphatic carbocycles. The lowest BCUT2D eigenvalue weighted by Gasteiger charge is -2.17. The number of imidazole rings is 1. The van der Waals surface area contributed by atoms with Gasteiger partial charge in [0, 0.05) is 24.5 Å². The maximum Gasteiger partial charge on any atom is 0.322 e. The molecule has 2 amide bonds. The molecule has 2 rings (SSSR count). The summed E-state index contributed by atoms with van der Waals surface area (Å²) >= 11 is 11.8. The van der Waals surface area contributed by atoms with E-state index in [1.165, 1.54) is 4.90 Å². The molecule has 1 aromatic carbocycles. The van der Waals surface area contributed by atoms with Gasteiger partial charge in [0.05, 0.1) is 17.3 Å². The van der Waals surface area contributed by atoms with Crippen LogP contribution < -0.4 is 5.32 Å². The fourth-order valence-electron chi connectivity index (χ4n) is 1.48. The highest BCUT2D eigenvalue weighted by Gasteiger charge is 2.12. The van der Waals surface area contributed by atoms with Gasteiger partial charge in [0.2, 0.25) is 0 Å². The summed E-state index contributed by atoms with van der Waals surface area (Å²) in [5, 5.41) is 3.63. The number of amides is 2. The van der Waals surface area contributed by atoms with E-state index in [1.807, 2.05) is 0 Å². The Kier molecular flexibility index (Phi) is 4.29. The van der Waals surface area contributed by atoms with Crippen molar-refractivity contribution in [1.29, 1.82) is 0 Å². The van der Waals surface area contributed by atoms with E-state index in [-0.39, 0.29) is 6.03 Å². The normalized spacial score (nSPS) is 10.3. The van der Waals surface area contributed by atoms with Crippen molar-refractivity contribution in [3.63, 3.8) is 0 Å². The third-order valence-corrected chi connectivity index (χ3v) is 3.02. The summed E-state index contributed by atoms with van der Waals surface area (Å²) in [6.45, 7) is 0.372. The van der Waals surface area contributed by atoms with E-state index in [1.54, 1.807) is 37.6 Å². The highest BCUT2D eigenvalue weighted by molar-refractivity contribution is 6.35. The predicted molar refractivity (Wildman–Crippen MR) is 75.5 cm³/mol. The van der Waals surface area contributed by atoms with Gasteiger partial charge in [-0.05, 0) is 18.2 Å². The minimum absolute atomic E-state index is 0.291. The number of hydrogen-bond donors (Lipinski definition) is 2. The molecule has 0 bridgehead atoms. The van der Waals surface area contributed by atoms with Gasteiger partial charge in [-0.1, -0.05) is 23.2 Å². The van der Waals surface area contributed by atoms with E-state index < -0.39 is 0 Å². The van der Waals surface area contributed by atoms with Gasteiger partial charge in [0.25, 0.3) is 0 Å². The molecular formula is C12H12Cl2N4O. The number of rotatable bonds is 3. The van der Waals surface area contributed by atoms with Crippen molar-refractivity contribution in [3.8, 4) is 0 Å². The molecule has 0 spiro atoms. The highest BCUT2D eigenvalue weighted by Crippen LogP contribution is 2.25. The maximum absolute atomic E-state index is 12.0. The van der Waals surface area contributed by atoms with E-state index >= 15 is 0 Å². The fourth-order valence-corrected chi connectivity index (χ4v) is 1.82. The largest absolute Gasteiger partial charge is 0.347 e. The monoisotopic (exact) mass is 298 g/mol. The lowest BCUT2D eigenvalue weighted by molar-refractivity contribution is 0.219. The Bertz CT molecular complexity index is 571. The van der Waals surface area contributed by atoms with Crippen molar-refractivity contribution >= 4 is 34.9 Å². The Morgan fingerprint density at radius 3 is 2.95 bits per heavy atom. The average molecular weight is 299 g/mol. The number of carbonyl (C=O) groups excluding carboxylic acids is 1. The number of hydrogen-bond acceptors (Lipinski definition) is 2. The molecule has 7 heteroatoms. The van der Waals surface area contributed by atoms with Gasteiger partial charge < -0.3 is 15.2 Å². The van der Waals surface area contributed by atoms with Crippen molar-refractivity contribution in [2.24, 2.45) is 0 Å². The van der Waals surface area contributed by atoms with Crippen LogP contribution in [0.2, 0.25) is 10.0 Å². The first-order valence-electron chi connectivity index (χ1n) is 5.51. The molecule has 0 fully saturated rings. The fraction of sp³-hybridized carbons (Fsp3) is 0.167. The SMILES string of the molecule is CN(Cc1ncc[nH]1)C(=O)Nc1cc(Cl)ccc1Cl. The molecule has 2 aromatic rings. The van der Waals surface area contributed by atoms with E-state index in [9.17, 15) is 4.79 Å². The second-order valence-corrected chi connectivity index (χ2v) is 4.79. The van der Waals surface area contributed by atoms with E-state index in [0.717, 1.165) is 0 Å². The summed E-state index contributed by atoms with van der Waals surface area (Å²) in [7, 11) is 1.66. The standard InChI is InChI=1S/C12H12Cl2N4O/c1-18(7-11-15-4-5-16-11)12(19)17-10-6-8(13)2-3-9(10)14/h2-6H,7H2,1H3,(H,15,16)(H,17,19). The Hall–Kier alpha value is -1.72. The van der Waals surface area contributed by atoms with E-state index in [2.05, 4.69) is 15.3 Å². The first-order chi connectivity index (χ1) is 9.06. The summed E-state index contributed by atoms with van der Waals surface area (Å²) in [5.41, 5.74) is 0.477. The van der Waals surface area contributed by atoms with Gasteiger partial charge in [-0.15, -0.1) is 0 Å². The lowest BCUT2D eigenvalue weighted by Crippen LogP contribution is -2.31. The number of aromatic nitrogens is 2. The molecule has 0 atom stereocenters. The highest BCUT2D eigenvalue weighted by atomic mass is 35.5. The first kappa shape index (κ1) is 13.7. The molecular weight excluding hydrogens is 287 g/mol. The molecule has 0 radical (unpaired) electrons. The van der Waals surface area contributed by atoms with Gasteiger partial charge in [-0.3, -0.25) is 0 Å². The van der Waals surface area contributed by atoms with Crippen LogP contribution in [0.15, 0.2) is 30.6 Å². The molecule has 1 heterocycles. The molecule has 0 saturated heterocycles. The molecule has 19 heavy (non-hydrogen) atoms. The molecule has 100 valence electrons. The van der Waals surface area contributed by atoms with Gasteiger partial charge in [-0.25, -0.2) is 9.78 Å². The summed E-state index contributed by atoms with van der Waals surface area (Å²) in [6, 6.07) is 4.60. The topological polar surface area (TPSA) is 61.0 Å². The van der Waals surface area contributed by atoms with Crippen LogP contribution in [-0.4, -0.2) is 27.9 Å². The van der Waals surface area contributed by atoms with Crippen LogP contribution in [0, 0.1) is 0 Å². The van der Waals surface area contributed by atoms with Gasteiger partial charge in [0.15, 0.2) is 0 Å². The summed E-state index contributed by atoms with van der Waals surface area (Å²) in [4.78, 5) is 20.4. The zero-order chi connectivity index (χ0) is 13.8. The first-order valence-corrected chi connectivity index (χ1v) is 6.27. The van der Waals surface area contributed by atoms with Crippen LogP contribution in [0.5, 0.6) is 0 Å². The van der Waals surface area contributed by atoms with Crippen molar-refractivity contribution in [1.82, 2.24) is 14.9 Å². The number of benzene rings is 1. The number of nitrogens with zero attached hydrogens (tertiary/aromatic N) is 2. The van der Waals surface area contributed by atoms with E-state index in [4.69, 9.17) is 23.2 Å². The molecule has 0 saturated carbocycles. The van der Waals surface area contributed by atoms with Crippen LogP contribution in [0.4, 0.5) is 10.5 Å². The number of urea groups is 1. The minimum Gasteiger partial charge on any atom is -0.347 e. The Balaban J connectivity index is 2.02. The average Bonchev–Trinajstić information content (AvgIpc) is 2.86. The molecule has 0 aliphatic rings. The number of nitrogens with one attached hydrogen (secondary N) is 2. The molecule has 0 unspecified atom stereocenters. The molecule has 1 aromatic heterocycles. The maximum atomic E-state index is 12.0. The lowest BCUT2D eigenvalue weighted by atomic mass is 10.3. The van der Waals surface area contributed by atoms with Crippen molar-refractivity contribution in [2.45, 2.75) is 6.54 Å². The summed E-state index contributed by atoms with van der Waals surface area (Å²) in [5.74, 6) is 0.704. The molecule has 0 aliphatic heterocycles. The molecule has 2 N–H and O–H groups in total. The Morgan fingerprint density at radius 2 is 2.26 bits per heavy atom. The van der Waals surface area contributed by atoms with Crippen LogP contribution in [0.3, 0.4) is 0 Å². The van der Waals surface area contributed by atoms with Crippen molar-refractivity contribution < 1.29 is 4.79 Å². The summed E-state index contributed by atoms with van der Waals surface area (Å²) in [6.07, 6.45) is 3.34. The minimum atomic E-state index is -0.291.